The Morgan fingerprint density at radius 2 is 1.81 bits per heavy atom. The fourth-order valence-electron chi connectivity index (χ4n) is 3.03. The van der Waals surface area contributed by atoms with Gasteiger partial charge in [0.15, 0.2) is 12.4 Å². The summed E-state index contributed by atoms with van der Waals surface area (Å²) in [5.41, 5.74) is 2.19. The second kappa shape index (κ2) is 7.66. The molecule has 0 unspecified atom stereocenters. The number of ketones is 1. The third-order valence-electron chi connectivity index (χ3n) is 4.38. The summed E-state index contributed by atoms with van der Waals surface area (Å²) in [6.07, 6.45) is 4.20. The molecule has 1 aliphatic rings. The van der Waals surface area contributed by atoms with E-state index in [4.69, 9.17) is 16.3 Å². The average molecular weight is 374 g/mol. The van der Waals surface area contributed by atoms with Crippen LogP contribution in [-0.4, -0.2) is 23.3 Å². The number of Topliss-reactive ketones (excluding diaryl/α,β-unsaturated/α-hetero) is 1. The molecule has 26 heavy (non-hydrogen) atoms. The number of aryl methyl sites for hydroxylation is 2. The number of benzene rings is 2. The molecule has 0 radical (unpaired) electrons. The molecule has 0 saturated heterocycles. The van der Waals surface area contributed by atoms with E-state index in [1.54, 1.807) is 6.07 Å². The standard InChI is InChI=1S/C19H16ClNO5/c20-15-7-8-16(17(10-15)21(24)25)19(23)26-11-18(22)14-6-5-12-3-1-2-4-13(12)9-14/h5-10H,1-4,11H2. The highest BCUT2D eigenvalue weighted by Gasteiger charge is 2.23. The Bertz CT molecular complexity index is 893. The second-order valence-electron chi connectivity index (χ2n) is 6.11. The monoisotopic (exact) mass is 373 g/mol. The van der Waals surface area contributed by atoms with Crippen LogP contribution in [0.15, 0.2) is 36.4 Å². The van der Waals surface area contributed by atoms with Gasteiger partial charge in [-0.3, -0.25) is 14.9 Å². The van der Waals surface area contributed by atoms with Crippen molar-refractivity contribution in [3.8, 4) is 0 Å². The first-order valence-electron chi connectivity index (χ1n) is 8.22. The Morgan fingerprint density at radius 3 is 2.54 bits per heavy atom. The van der Waals surface area contributed by atoms with Gasteiger partial charge >= 0.3 is 5.97 Å². The summed E-state index contributed by atoms with van der Waals surface area (Å²) in [7, 11) is 0. The van der Waals surface area contributed by atoms with E-state index in [-0.39, 0.29) is 16.4 Å². The van der Waals surface area contributed by atoms with Crippen molar-refractivity contribution in [2.45, 2.75) is 25.7 Å². The van der Waals surface area contributed by atoms with Crippen LogP contribution in [0.1, 0.15) is 44.7 Å². The molecular formula is C19H16ClNO5. The Labute approximate surface area is 154 Å². The Morgan fingerprint density at radius 1 is 1.08 bits per heavy atom. The number of ether oxygens (including phenoxy) is 1. The minimum absolute atomic E-state index is 0.137. The fourth-order valence-corrected chi connectivity index (χ4v) is 3.19. The van der Waals surface area contributed by atoms with Gasteiger partial charge in [0.1, 0.15) is 5.56 Å². The maximum atomic E-state index is 12.3. The highest BCUT2D eigenvalue weighted by Crippen LogP contribution is 2.25. The van der Waals surface area contributed by atoms with E-state index < -0.39 is 23.2 Å². The van der Waals surface area contributed by atoms with E-state index in [0.717, 1.165) is 37.3 Å². The summed E-state index contributed by atoms with van der Waals surface area (Å²) in [5, 5.41) is 11.2. The van der Waals surface area contributed by atoms with E-state index in [0.29, 0.717) is 5.56 Å². The number of nitro benzene ring substituents is 1. The first kappa shape index (κ1) is 18.1. The molecule has 2 aromatic carbocycles. The first-order chi connectivity index (χ1) is 12.5. The number of nitrogens with zero attached hydrogens (tertiary/aromatic N) is 1. The lowest BCUT2D eigenvalue weighted by molar-refractivity contribution is -0.385. The topological polar surface area (TPSA) is 86.5 Å². The van der Waals surface area contributed by atoms with E-state index in [2.05, 4.69) is 0 Å². The number of halogens is 1. The summed E-state index contributed by atoms with van der Waals surface area (Å²) in [6.45, 7) is -0.475. The lowest BCUT2D eigenvalue weighted by Gasteiger charge is -2.16. The van der Waals surface area contributed by atoms with Gasteiger partial charge in [-0.05, 0) is 55.0 Å². The number of nitro groups is 1. The minimum atomic E-state index is -0.931. The van der Waals surface area contributed by atoms with Gasteiger partial charge in [0, 0.05) is 16.7 Å². The quantitative estimate of drug-likeness (QED) is 0.340. The molecule has 0 saturated carbocycles. The molecule has 134 valence electrons. The van der Waals surface area contributed by atoms with Crippen molar-refractivity contribution in [2.75, 3.05) is 6.61 Å². The van der Waals surface area contributed by atoms with Crippen LogP contribution in [0, 0.1) is 10.1 Å². The molecule has 0 atom stereocenters. The summed E-state index contributed by atoms with van der Waals surface area (Å²) in [4.78, 5) is 34.8. The zero-order valence-corrected chi connectivity index (χ0v) is 14.6. The fraction of sp³-hybridized carbons (Fsp3) is 0.263. The molecule has 0 spiro atoms. The van der Waals surface area contributed by atoms with Crippen molar-refractivity contribution in [3.05, 3.63) is 73.8 Å². The molecule has 0 aromatic heterocycles. The third-order valence-corrected chi connectivity index (χ3v) is 4.62. The van der Waals surface area contributed by atoms with Crippen LogP contribution in [0.2, 0.25) is 5.02 Å². The van der Waals surface area contributed by atoms with Gasteiger partial charge in [0.05, 0.1) is 4.92 Å². The molecule has 0 fully saturated rings. The second-order valence-corrected chi connectivity index (χ2v) is 6.54. The summed E-state index contributed by atoms with van der Waals surface area (Å²) in [5.74, 6) is -1.27. The van der Waals surface area contributed by atoms with Gasteiger partial charge in [0.2, 0.25) is 0 Å². The molecule has 2 aromatic rings. The number of hydrogen-bond donors (Lipinski definition) is 0. The maximum Gasteiger partial charge on any atom is 0.345 e. The molecule has 3 rings (SSSR count). The predicted molar refractivity (Wildman–Crippen MR) is 95.8 cm³/mol. The van der Waals surface area contributed by atoms with Gasteiger partial charge in [-0.25, -0.2) is 4.79 Å². The van der Waals surface area contributed by atoms with Gasteiger partial charge in [-0.2, -0.15) is 0 Å². The van der Waals surface area contributed by atoms with Crippen LogP contribution < -0.4 is 0 Å². The molecule has 0 heterocycles. The molecule has 0 amide bonds. The number of carbonyl (C=O) groups is 2. The first-order valence-corrected chi connectivity index (χ1v) is 8.59. The lowest BCUT2D eigenvalue weighted by Crippen LogP contribution is -2.16. The van der Waals surface area contributed by atoms with Crippen molar-refractivity contribution in [1.82, 2.24) is 0 Å². The smallest absolute Gasteiger partial charge is 0.345 e. The highest BCUT2D eigenvalue weighted by molar-refractivity contribution is 6.31. The normalized spacial score (nSPS) is 13.0. The molecule has 0 bridgehead atoms. The van der Waals surface area contributed by atoms with Crippen LogP contribution in [0.25, 0.3) is 0 Å². The van der Waals surface area contributed by atoms with E-state index in [1.807, 2.05) is 12.1 Å². The van der Waals surface area contributed by atoms with Crippen LogP contribution in [0.5, 0.6) is 0 Å². The van der Waals surface area contributed by atoms with Crippen molar-refractivity contribution < 1.29 is 19.2 Å². The summed E-state index contributed by atoms with van der Waals surface area (Å²) < 4.78 is 4.98. The van der Waals surface area contributed by atoms with Gasteiger partial charge in [-0.15, -0.1) is 0 Å². The largest absolute Gasteiger partial charge is 0.454 e. The van der Waals surface area contributed by atoms with E-state index in [9.17, 15) is 19.7 Å². The minimum Gasteiger partial charge on any atom is -0.454 e. The molecule has 1 aliphatic carbocycles. The van der Waals surface area contributed by atoms with Crippen LogP contribution in [0.3, 0.4) is 0 Å². The van der Waals surface area contributed by atoms with Crippen LogP contribution in [0.4, 0.5) is 5.69 Å². The SMILES string of the molecule is O=C(COC(=O)c1ccc(Cl)cc1[N+](=O)[O-])c1ccc2c(c1)CCCC2. The molecular weight excluding hydrogens is 358 g/mol. The Kier molecular flexibility index (Phi) is 5.32. The predicted octanol–water partition coefficient (Wildman–Crippen LogP) is 4.17. The Hall–Kier alpha value is -2.73. The molecule has 0 N–H and O–H groups in total. The molecule has 6 nitrogen and oxygen atoms in total. The van der Waals surface area contributed by atoms with Crippen molar-refractivity contribution in [2.24, 2.45) is 0 Å². The summed E-state index contributed by atoms with van der Waals surface area (Å²) >= 11 is 5.72. The third kappa shape index (κ3) is 3.91. The average Bonchev–Trinajstić information content (AvgIpc) is 2.65. The van der Waals surface area contributed by atoms with Crippen LogP contribution in [-0.2, 0) is 17.6 Å². The zero-order chi connectivity index (χ0) is 18.7. The van der Waals surface area contributed by atoms with Crippen molar-refractivity contribution in [1.29, 1.82) is 0 Å². The highest BCUT2D eigenvalue weighted by atomic mass is 35.5. The number of rotatable bonds is 5. The van der Waals surface area contributed by atoms with Crippen molar-refractivity contribution in [3.63, 3.8) is 0 Å². The van der Waals surface area contributed by atoms with Crippen molar-refractivity contribution >= 4 is 29.0 Å². The zero-order valence-electron chi connectivity index (χ0n) is 13.9. The number of carbonyl (C=O) groups excluding carboxylic acids is 2. The lowest BCUT2D eigenvalue weighted by atomic mass is 9.90. The number of esters is 1. The van der Waals surface area contributed by atoms with Crippen LogP contribution >= 0.6 is 11.6 Å². The molecule has 7 heteroatoms. The summed E-state index contributed by atoms with van der Waals surface area (Å²) in [6, 6.07) is 9.15. The van der Waals surface area contributed by atoms with Gasteiger partial charge < -0.3 is 4.74 Å². The number of hydrogen-bond acceptors (Lipinski definition) is 5. The van der Waals surface area contributed by atoms with Gasteiger partial charge in [-0.1, -0.05) is 23.7 Å². The maximum absolute atomic E-state index is 12.3. The number of fused-ring (bicyclic) bond motifs is 1. The van der Waals surface area contributed by atoms with E-state index >= 15 is 0 Å². The van der Waals surface area contributed by atoms with E-state index in [1.165, 1.54) is 17.7 Å². The molecule has 0 aliphatic heterocycles. The van der Waals surface area contributed by atoms with Gasteiger partial charge in [0.25, 0.3) is 5.69 Å². The Balaban J connectivity index is 1.70.